The highest BCUT2D eigenvalue weighted by molar-refractivity contribution is 7.10. The van der Waals surface area contributed by atoms with E-state index in [9.17, 15) is 0 Å². The van der Waals surface area contributed by atoms with Gasteiger partial charge in [0.25, 0.3) is 0 Å². The van der Waals surface area contributed by atoms with Gasteiger partial charge in [0, 0.05) is 42.2 Å². The van der Waals surface area contributed by atoms with E-state index in [4.69, 9.17) is 0 Å². The van der Waals surface area contributed by atoms with E-state index in [1.807, 2.05) is 29.3 Å². The number of rotatable bonds is 1. The largest absolute Gasteiger partial charge is 0.311 e. The number of thiophene rings is 1. The van der Waals surface area contributed by atoms with Crippen molar-refractivity contribution in [1.82, 2.24) is 15.1 Å². The van der Waals surface area contributed by atoms with Crippen molar-refractivity contribution in [3.05, 3.63) is 39.3 Å². The van der Waals surface area contributed by atoms with Crippen LogP contribution in [0.1, 0.15) is 27.6 Å². The minimum absolute atomic E-state index is 0.476. The van der Waals surface area contributed by atoms with E-state index in [1.165, 1.54) is 21.7 Å². The summed E-state index contributed by atoms with van der Waals surface area (Å²) in [6.45, 7) is 4.18. The minimum Gasteiger partial charge on any atom is -0.311 e. The van der Waals surface area contributed by atoms with Gasteiger partial charge >= 0.3 is 0 Å². The molecule has 0 fully saturated rings. The number of hydrogen-bond donors (Lipinski definition) is 1. The van der Waals surface area contributed by atoms with Crippen molar-refractivity contribution in [3.63, 3.8) is 0 Å². The Balaban J connectivity index is 2.07. The summed E-state index contributed by atoms with van der Waals surface area (Å²) in [5.74, 6) is 0.476. The first-order chi connectivity index (χ1) is 7.77. The minimum atomic E-state index is 0.476. The van der Waals surface area contributed by atoms with Crippen LogP contribution in [0.2, 0.25) is 0 Å². The summed E-state index contributed by atoms with van der Waals surface area (Å²) >= 11 is 1.85. The molecule has 1 unspecified atom stereocenters. The Labute approximate surface area is 99.1 Å². The third kappa shape index (κ3) is 1.41. The highest BCUT2D eigenvalue weighted by atomic mass is 32.1. The molecule has 0 amide bonds. The highest BCUT2D eigenvalue weighted by Crippen LogP contribution is 2.34. The van der Waals surface area contributed by atoms with Crippen LogP contribution in [0.3, 0.4) is 0 Å². The lowest BCUT2D eigenvalue weighted by Gasteiger charge is -2.23. The van der Waals surface area contributed by atoms with Crippen molar-refractivity contribution in [2.45, 2.75) is 19.4 Å². The number of fused-ring (bicyclic) bond motifs is 1. The molecule has 0 saturated heterocycles. The van der Waals surface area contributed by atoms with Crippen LogP contribution >= 0.6 is 11.3 Å². The first-order valence-corrected chi connectivity index (χ1v) is 6.41. The van der Waals surface area contributed by atoms with Crippen LogP contribution in [0.4, 0.5) is 0 Å². The lowest BCUT2D eigenvalue weighted by molar-refractivity contribution is 0.597. The predicted octanol–water partition coefficient (Wildman–Crippen LogP) is 2.03. The molecule has 1 atom stereocenters. The Morgan fingerprint density at radius 2 is 2.38 bits per heavy atom. The maximum atomic E-state index is 4.34. The Bertz CT molecular complexity index is 512. The van der Waals surface area contributed by atoms with E-state index in [1.54, 1.807) is 0 Å². The zero-order valence-electron chi connectivity index (χ0n) is 9.53. The van der Waals surface area contributed by atoms with E-state index < -0.39 is 0 Å². The summed E-state index contributed by atoms with van der Waals surface area (Å²) in [4.78, 5) is 1.47. The summed E-state index contributed by atoms with van der Waals surface area (Å²) < 4.78 is 1.95. The number of aromatic nitrogens is 2. The van der Waals surface area contributed by atoms with Crippen LogP contribution in [0.5, 0.6) is 0 Å². The summed E-state index contributed by atoms with van der Waals surface area (Å²) in [5.41, 5.74) is 4.11. The molecular weight excluding hydrogens is 218 g/mol. The van der Waals surface area contributed by atoms with Crippen LogP contribution in [-0.4, -0.2) is 16.3 Å². The molecule has 4 heteroatoms. The first kappa shape index (κ1) is 10.1. The average molecular weight is 233 g/mol. The molecule has 0 bridgehead atoms. The molecule has 3 rings (SSSR count). The Morgan fingerprint density at radius 3 is 3.12 bits per heavy atom. The molecule has 2 aromatic rings. The van der Waals surface area contributed by atoms with E-state index in [2.05, 4.69) is 28.8 Å². The normalized spacial score (nSPS) is 19.8. The van der Waals surface area contributed by atoms with Gasteiger partial charge in [-0.1, -0.05) is 0 Å². The number of nitrogens with one attached hydrogen (secondary N) is 1. The van der Waals surface area contributed by atoms with Gasteiger partial charge in [-0.05, 0) is 23.9 Å². The van der Waals surface area contributed by atoms with E-state index >= 15 is 0 Å². The van der Waals surface area contributed by atoms with Crippen molar-refractivity contribution in [2.24, 2.45) is 7.05 Å². The van der Waals surface area contributed by atoms with Gasteiger partial charge in [0.1, 0.15) is 0 Å². The molecule has 16 heavy (non-hydrogen) atoms. The molecule has 0 aliphatic carbocycles. The average Bonchev–Trinajstić information content (AvgIpc) is 2.87. The van der Waals surface area contributed by atoms with Crippen molar-refractivity contribution in [3.8, 4) is 0 Å². The third-order valence-electron chi connectivity index (χ3n) is 3.44. The zero-order valence-corrected chi connectivity index (χ0v) is 10.3. The summed E-state index contributed by atoms with van der Waals surface area (Å²) in [7, 11) is 2.00. The molecule has 0 saturated carbocycles. The fourth-order valence-corrected chi connectivity index (χ4v) is 3.29. The quantitative estimate of drug-likeness (QED) is 0.816. The molecule has 0 aromatic carbocycles. The summed E-state index contributed by atoms with van der Waals surface area (Å²) in [6.07, 6.45) is 2.01. The lowest BCUT2D eigenvalue weighted by Crippen LogP contribution is -2.27. The Morgan fingerprint density at radius 1 is 1.50 bits per heavy atom. The van der Waals surface area contributed by atoms with Crippen LogP contribution in [-0.2, 0) is 13.6 Å². The summed E-state index contributed by atoms with van der Waals surface area (Å²) in [6, 6.07) is 2.26. The van der Waals surface area contributed by atoms with Gasteiger partial charge in [0.15, 0.2) is 0 Å². The topological polar surface area (TPSA) is 29.9 Å². The predicted molar refractivity (Wildman–Crippen MR) is 65.8 cm³/mol. The molecule has 3 nitrogen and oxygen atoms in total. The molecule has 0 spiro atoms. The molecule has 2 aromatic heterocycles. The molecule has 1 aliphatic heterocycles. The van der Waals surface area contributed by atoms with E-state index in [0.29, 0.717) is 5.92 Å². The summed E-state index contributed by atoms with van der Waals surface area (Å²) in [5, 5.41) is 10.0. The Hall–Kier alpha value is -1.13. The maximum Gasteiger partial charge on any atom is 0.0531 e. The molecule has 3 heterocycles. The maximum absolute atomic E-state index is 4.34. The second-order valence-corrected chi connectivity index (χ2v) is 5.29. The van der Waals surface area contributed by atoms with Crippen molar-refractivity contribution >= 4 is 11.3 Å². The molecule has 1 N–H and O–H groups in total. The highest BCUT2D eigenvalue weighted by Gasteiger charge is 2.24. The van der Waals surface area contributed by atoms with Crippen molar-refractivity contribution < 1.29 is 0 Å². The molecule has 84 valence electrons. The van der Waals surface area contributed by atoms with Crippen LogP contribution in [0, 0.1) is 6.92 Å². The van der Waals surface area contributed by atoms with E-state index in [0.717, 1.165) is 13.1 Å². The van der Waals surface area contributed by atoms with Crippen molar-refractivity contribution in [1.29, 1.82) is 0 Å². The SMILES string of the molecule is Cc1c(C2CNCc3sccc32)cnn1C. The van der Waals surface area contributed by atoms with Crippen molar-refractivity contribution in [2.75, 3.05) is 6.54 Å². The van der Waals surface area contributed by atoms with E-state index in [-0.39, 0.29) is 0 Å². The molecular formula is C12H15N3S. The molecule has 0 radical (unpaired) electrons. The lowest BCUT2D eigenvalue weighted by atomic mass is 9.90. The number of aryl methyl sites for hydroxylation is 1. The van der Waals surface area contributed by atoms with Gasteiger partial charge in [-0.2, -0.15) is 5.10 Å². The van der Waals surface area contributed by atoms with Gasteiger partial charge in [-0.3, -0.25) is 4.68 Å². The number of nitrogens with zero attached hydrogens (tertiary/aromatic N) is 2. The standard InChI is InChI=1S/C12H15N3S/c1-8-10(6-14-15(8)2)11-5-13-7-12-9(11)3-4-16-12/h3-4,6,11,13H,5,7H2,1-2H3. The first-order valence-electron chi connectivity index (χ1n) is 5.53. The van der Waals surface area contributed by atoms with Crippen LogP contribution in [0.15, 0.2) is 17.6 Å². The zero-order chi connectivity index (χ0) is 11.1. The number of hydrogen-bond acceptors (Lipinski definition) is 3. The second kappa shape index (κ2) is 3.71. The van der Waals surface area contributed by atoms with Gasteiger partial charge in [-0.25, -0.2) is 0 Å². The fraction of sp³-hybridized carbons (Fsp3) is 0.417. The van der Waals surface area contributed by atoms with Gasteiger partial charge in [0.2, 0.25) is 0 Å². The van der Waals surface area contributed by atoms with Gasteiger partial charge in [-0.15, -0.1) is 11.3 Å². The molecule has 1 aliphatic rings. The monoisotopic (exact) mass is 233 g/mol. The van der Waals surface area contributed by atoms with Gasteiger partial charge < -0.3 is 5.32 Å². The second-order valence-electron chi connectivity index (χ2n) is 4.29. The third-order valence-corrected chi connectivity index (χ3v) is 4.37. The van der Waals surface area contributed by atoms with Crippen LogP contribution < -0.4 is 5.32 Å². The van der Waals surface area contributed by atoms with Gasteiger partial charge in [0.05, 0.1) is 6.20 Å². The van der Waals surface area contributed by atoms with Crippen LogP contribution in [0.25, 0.3) is 0 Å². The Kier molecular flexibility index (Phi) is 2.33. The smallest absolute Gasteiger partial charge is 0.0531 e. The fourth-order valence-electron chi connectivity index (χ4n) is 2.38.